The molecule has 0 radical (unpaired) electrons. The highest BCUT2D eigenvalue weighted by molar-refractivity contribution is 9.10. The van der Waals surface area contributed by atoms with Gasteiger partial charge in [0, 0.05) is 11.0 Å². The van der Waals surface area contributed by atoms with Crippen molar-refractivity contribution in [1.82, 2.24) is 5.32 Å². The minimum absolute atomic E-state index is 0.0912. The Morgan fingerprint density at radius 3 is 2.59 bits per heavy atom. The number of ether oxygens (including phenoxy) is 1. The monoisotopic (exact) mass is 299 g/mol. The van der Waals surface area contributed by atoms with Gasteiger partial charge in [0.05, 0.1) is 5.60 Å². The molecular weight excluding hydrogens is 282 g/mol. The third-order valence-corrected chi connectivity index (χ3v) is 2.84. The van der Waals surface area contributed by atoms with Gasteiger partial charge in [0.25, 0.3) is 0 Å². The summed E-state index contributed by atoms with van der Waals surface area (Å²) in [6.45, 7) is 6.37. The van der Waals surface area contributed by atoms with E-state index < -0.39 is 0 Å². The molecular formula is C13H18BrNO2. The molecule has 4 heteroatoms. The Morgan fingerprint density at radius 2 is 2.00 bits per heavy atom. The Labute approximate surface area is 111 Å². The molecule has 94 valence electrons. The van der Waals surface area contributed by atoms with E-state index in [1.165, 1.54) is 0 Å². The molecule has 0 aliphatic carbocycles. The van der Waals surface area contributed by atoms with Gasteiger partial charge in [0.15, 0.2) is 0 Å². The predicted octanol–water partition coefficient (Wildman–Crippen LogP) is 2.88. The summed E-state index contributed by atoms with van der Waals surface area (Å²) in [4.78, 5) is 11.5. The van der Waals surface area contributed by atoms with Crippen molar-refractivity contribution in [1.29, 1.82) is 0 Å². The van der Waals surface area contributed by atoms with E-state index in [2.05, 4.69) is 21.2 Å². The maximum Gasteiger partial charge on any atom is 0.246 e. The number of rotatable bonds is 4. The molecule has 1 aromatic rings. The number of halogens is 1. The van der Waals surface area contributed by atoms with Crippen LogP contribution < -0.4 is 5.32 Å². The van der Waals surface area contributed by atoms with Crippen molar-refractivity contribution in [2.45, 2.75) is 32.9 Å². The van der Waals surface area contributed by atoms with Gasteiger partial charge in [-0.25, -0.2) is 0 Å². The average Bonchev–Trinajstić information content (AvgIpc) is 2.24. The van der Waals surface area contributed by atoms with Crippen LogP contribution in [-0.2, 0) is 16.1 Å². The normalized spacial score (nSPS) is 11.3. The number of amides is 1. The second kappa shape index (κ2) is 6.17. The Hall–Kier alpha value is -0.870. The summed E-state index contributed by atoms with van der Waals surface area (Å²) in [6, 6.07) is 7.80. The van der Waals surface area contributed by atoms with Crippen LogP contribution >= 0.6 is 15.9 Å². The van der Waals surface area contributed by atoms with Crippen molar-refractivity contribution >= 4 is 21.8 Å². The minimum atomic E-state index is -0.287. The highest BCUT2D eigenvalue weighted by Crippen LogP contribution is 2.15. The minimum Gasteiger partial charge on any atom is -0.366 e. The van der Waals surface area contributed by atoms with Gasteiger partial charge in [0.1, 0.15) is 6.61 Å². The van der Waals surface area contributed by atoms with Crippen molar-refractivity contribution in [3.8, 4) is 0 Å². The Balaban J connectivity index is 2.36. The van der Waals surface area contributed by atoms with E-state index in [0.29, 0.717) is 6.54 Å². The van der Waals surface area contributed by atoms with Crippen molar-refractivity contribution in [2.24, 2.45) is 0 Å². The van der Waals surface area contributed by atoms with Crippen LogP contribution in [0.1, 0.15) is 26.3 Å². The molecule has 0 saturated heterocycles. The van der Waals surface area contributed by atoms with Gasteiger partial charge in [-0.15, -0.1) is 0 Å². The Morgan fingerprint density at radius 1 is 1.35 bits per heavy atom. The molecule has 0 heterocycles. The van der Waals surface area contributed by atoms with Crippen LogP contribution in [0.25, 0.3) is 0 Å². The van der Waals surface area contributed by atoms with Crippen molar-refractivity contribution in [2.75, 3.05) is 6.61 Å². The van der Waals surface area contributed by atoms with Crippen molar-refractivity contribution in [3.63, 3.8) is 0 Å². The molecule has 1 aromatic carbocycles. The molecule has 0 fully saturated rings. The molecule has 3 nitrogen and oxygen atoms in total. The van der Waals surface area contributed by atoms with E-state index in [1.54, 1.807) is 0 Å². The van der Waals surface area contributed by atoms with Crippen LogP contribution in [0, 0.1) is 0 Å². The number of nitrogens with one attached hydrogen (secondary N) is 1. The molecule has 1 amide bonds. The third-order valence-electron chi connectivity index (χ3n) is 2.07. The molecule has 1 N–H and O–H groups in total. The first-order valence-corrected chi connectivity index (χ1v) is 6.32. The molecule has 17 heavy (non-hydrogen) atoms. The van der Waals surface area contributed by atoms with E-state index in [1.807, 2.05) is 45.0 Å². The molecule has 1 rings (SSSR count). The SMILES string of the molecule is CC(C)(C)OCC(=O)NCc1ccccc1Br. The Bertz CT molecular complexity index is 385. The zero-order chi connectivity index (χ0) is 12.9. The molecule has 0 aliphatic heterocycles. The van der Waals surface area contributed by atoms with Crippen molar-refractivity contribution < 1.29 is 9.53 Å². The first kappa shape index (κ1) is 14.2. The molecule has 0 spiro atoms. The van der Waals surface area contributed by atoms with Gasteiger partial charge in [-0.05, 0) is 32.4 Å². The van der Waals surface area contributed by atoms with Gasteiger partial charge in [0.2, 0.25) is 5.91 Å². The van der Waals surface area contributed by atoms with E-state index in [0.717, 1.165) is 10.0 Å². The predicted molar refractivity (Wildman–Crippen MR) is 71.7 cm³/mol. The molecule has 0 aliphatic rings. The average molecular weight is 300 g/mol. The second-order valence-corrected chi connectivity index (χ2v) is 5.62. The lowest BCUT2D eigenvalue weighted by molar-refractivity contribution is -0.130. The van der Waals surface area contributed by atoms with Crippen LogP contribution in [0.4, 0.5) is 0 Å². The lowest BCUT2D eigenvalue weighted by atomic mass is 10.2. The number of carbonyl (C=O) groups is 1. The van der Waals surface area contributed by atoms with Gasteiger partial charge < -0.3 is 10.1 Å². The first-order chi connectivity index (χ1) is 7.88. The van der Waals surface area contributed by atoms with Crippen LogP contribution in [0.15, 0.2) is 28.7 Å². The highest BCUT2D eigenvalue weighted by atomic mass is 79.9. The molecule has 0 aromatic heterocycles. The summed E-state index contributed by atoms with van der Waals surface area (Å²) in [6.07, 6.45) is 0. The fraction of sp³-hybridized carbons (Fsp3) is 0.462. The van der Waals surface area contributed by atoms with Gasteiger partial charge >= 0.3 is 0 Å². The van der Waals surface area contributed by atoms with Gasteiger partial charge in [-0.3, -0.25) is 4.79 Å². The summed E-state index contributed by atoms with van der Waals surface area (Å²) in [5.41, 5.74) is 0.765. The fourth-order valence-electron chi connectivity index (χ4n) is 1.17. The van der Waals surface area contributed by atoms with Crippen LogP contribution in [-0.4, -0.2) is 18.1 Å². The maximum atomic E-state index is 11.5. The van der Waals surface area contributed by atoms with E-state index >= 15 is 0 Å². The van der Waals surface area contributed by atoms with E-state index in [9.17, 15) is 4.79 Å². The topological polar surface area (TPSA) is 38.3 Å². The van der Waals surface area contributed by atoms with E-state index in [-0.39, 0.29) is 18.1 Å². The zero-order valence-corrected chi connectivity index (χ0v) is 12.0. The van der Waals surface area contributed by atoms with Gasteiger partial charge in [-0.2, -0.15) is 0 Å². The summed E-state index contributed by atoms with van der Waals surface area (Å²) < 4.78 is 6.38. The van der Waals surface area contributed by atoms with Crippen molar-refractivity contribution in [3.05, 3.63) is 34.3 Å². The van der Waals surface area contributed by atoms with Crippen LogP contribution in [0.2, 0.25) is 0 Å². The standard InChI is InChI=1S/C13H18BrNO2/c1-13(2,3)17-9-12(16)15-8-10-6-4-5-7-11(10)14/h4-7H,8-9H2,1-3H3,(H,15,16). The summed E-state index contributed by atoms with van der Waals surface area (Å²) in [7, 11) is 0. The zero-order valence-electron chi connectivity index (χ0n) is 10.4. The largest absolute Gasteiger partial charge is 0.366 e. The molecule has 0 atom stereocenters. The fourth-order valence-corrected chi connectivity index (χ4v) is 1.59. The quantitative estimate of drug-likeness (QED) is 0.928. The number of hydrogen-bond donors (Lipinski definition) is 1. The second-order valence-electron chi connectivity index (χ2n) is 4.77. The molecule has 0 unspecified atom stereocenters. The molecule has 0 saturated carbocycles. The van der Waals surface area contributed by atoms with Crippen LogP contribution in [0.3, 0.4) is 0 Å². The summed E-state index contributed by atoms with van der Waals surface area (Å²) >= 11 is 3.43. The van der Waals surface area contributed by atoms with E-state index in [4.69, 9.17) is 4.74 Å². The van der Waals surface area contributed by atoms with Crippen LogP contribution in [0.5, 0.6) is 0 Å². The lowest BCUT2D eigenvalue weighted by Crippen LogP contribution is -2.31. The number of benzene rings is 1. The maximum absolute atomic E-state index is 11.5. The van der Waals surface area contributed by atoms with Gasteiger partial charge in [-0.1, -0.05) is 34.1 Å². The summed E-state index contributed by atoms with van der Waals surface area (Å²) in [5.74, 6) is -0.101. The Kier molecular flexibility index (Phi) is 5.15. The third kappa shape index (κ3) is 5.84. The summed E-state index contributed by atoms with van der Waals surface area (Å²) in [5, 5.41) is 2.82. The highest BCUT2D eigenvalue weighted by Gasteiger charge is 2.12. The number of hydrogen-bond acceptors (Lipinski definition) is 2. The molecule has 0 bridgehead atoms. The number of carbonyl (C=O) groups excluding carboxylic acids is 1. The smallest absolute Gasteiger partial charge is 0.246 e. The lowest BCUT2D eigenvalue weighted by Gasteiger charge is -2.19. The first-order valence-electron chi connectivity index (χ1n) is 5.52.